The minimum absolute atomic E-state index is 0.200. The molecular weight excluding hydrogens is 342 g/mol. The van der Waals surface area contributed by atoms with E-state index in [1.807, 2.05) is 7.05 Å². The molecule has 162 valence electrons. The summed E-state index contributed by atoms with van der Waals surface area (Å²) in [5, 5.41) is 31.4. The van der Waals surface area contributed by atoms with Gasteiger partial charge in [0, 0.05) is 6.42 Å². The minimum atomic E-state index is -0.682. The first kappa shape index (κ1) is 24.8. The van der Waals surface area contributed by atoms with Crippen molar-refractivity contribution in [3.63, 3.8) is 0 Å². The standard InChI is InChI=1S/C22H45NO4/c1-6-8-10-11-12-14-23(5)20-17(24)15-18(25)21(20)27-16-19(26)22(3,4)13-9-7-2/h17-21,24-26H,6-16H2,1-5H3/t17-,18+,19?,20+,21+/m0/s1. The Balaban J connectivity index is 2.55. The number of nitrogens with zero attached hydrogens (tertiary/aromatic N) is 1. The maximum Gasteiger partial charge on any atom is 0.102 e. The van der Waals surface area contributed by atoms with E-state index in [-0.39, 0.29) is 18.1 Å². The van der Waals surface area contributed by atoms with Crippen LogP contribution >= 0.6 is 0 Å². The van der Waals surface area contributed by atoms with Crippen molar-refractivity contribution < 1.29 is 20.1 Å². The van der Waals surface area contributed by atoms with Crippen LogP contribution in [-0.2, 0) is 4.74 Å². The van der Waals surface area contributed by atoms with Crippen molar-refractivity contribution in [2.24, 2.45) is 5.41 Å². The molecule has 0 spiro atoms. The largest absolute Gasteiger partial charge is 0.391 e. The Morgan fingerprint density at radius 3 is 2.26 bits per heavy atom. The zero-order valence-electron chi connectivity index (χ0n) is 18.4. The van der Waals surface area contributed by atoms with Crippen molar-refractivity contribution in [2.75, 3.05) is 20.2 Å². The van der Waals surface area contributed by atoms with E-state index in [9.17, 15) is 15.3 Å². The molecule has 27 heavy (non-hydrogen) atoms. The molecule has 0 aromatic heterocycles. The second-order valence-electron chi connectivity index (χ2n) is 9.16. The molecule has 1 rings (SSSR count). The van der Waals surface area contributed by atoms with Gasteiger partial charge in [0.15, 0.2) is 0 Å². The van der Waals surface area contributed by atoms with E-state index >= 15 is 0 Å². The van der Waals surface area contributed by atoms with Crippen molar-refractivity contribution in [3.8, 4) is 0 Å². The topological polar surface area (TPSA) is 73.2 Å². The third-order valence-electron chi connectivity index (χ3n) is 6.24. The van der Waals surface area contributed by atoms with E-state index in [1.54, 1.807) is 0 Å². The van der Waals surface area contributed by atoms with Crippen LogP contribution in [0.1, 0.15) is 85.5 Å². The van der Waals surface area contributed by atoms with Gasteiger partial charge in [-0.15, -0.1) is 0 Å². The molecule has 5 atom stereocenters. The first-order chi connectivity index (χ1) is 12.7. The smallest absolute Gasteiger partial charge is 0.102 e. The van der Waals surface area contributed by atoms with Crippen LogP contribution in [0.4, 0.5) is 0 Å². The van der Waals surface area contributed by atoms with Gasteiger partial charge in [-0.3, -0.25) is 4.90 Å². The summed E-state index contributed by atoms with van der Waals surface area (Å²) in [7, 11) is 2.00. The lowest BCUT2D eigenvalue weighted by Crippen LogP contribution is -2.49. The lowest BCUT2D eigenvalue weighted by Gasteiger charge is -2.35. The number of aliphatic hydroxyl groups is 3. The van der Waals surface area contributed by atoms with Gasteiger partial charge in [0.25, 0.3) is 0 Å². The van der Waals surface area contributed by atoms with Crippen molar-refractivity contribution in [3.05, 3.63) is 0 Å². The van der Waals surface area contributed by atoms with Gasteiger partial charge < -0.3 is 20.1 Å². The zero-order valence-corrected chi connectivity index (χ0v) is 18.4. The molecule has 0 radical (unpaired) electrons. The average Bonchev–Trinajstić information content (AvgIpc) is 2.90. The van der Waals surface area contributed by atoms with Gasteiger partial charge in [0.2, 0.25) is 0 Å². The van der Waals surface area contributed by atoms with E-state index in [0.29, 0.717) is 6.42 Å². The molecule has 5 nitrogen and oxygen atoms in total. The molecule has 0 heterocycles. The van der Waals surface area contributed by atoms with Gasteiger partial charge in [-0.1, -0.05) is 66.2 Å². The first-order valence-corrected chi connectivity index (χ1v) is 11.1. The van der Waals surface area contributed by atoms with Gasteiger partial charge in [-0.25, -0.2) is 0 Å². The molecule has 1 aliphatic carbocycles. The Bertz CT molecular complexity index is 391. The second-order valence-corrected chi connectivity index (χ2v) is 9.16. The number of likely N-dealkylation sites (N-methyl/N-ethyl adjacent to an activating group) is 1. The Labute approximate surface area is 167 Å². The predicted molar refractivity (Wildman–Crippen MR) is 111 cm³/mol. The van der Waals surface area contributed by atoms with E-state index in [4.69, 9.17) is 4.74 Å². The summed E-state index contributed by atoms with van der Waals surface area (Å²) in [5.74, 6) is 0. The molecule has 0 saturated heterocycles. The molecule has 3 N–H and O–H groups in total. The molecular formula is C22H45NO4. The molecule has 1 aliphatic rings. The predicted octanol–water partition coefficient (Wildman–Crippen LogP) is 3.35. The molecule has 5 heteroatoms. The van der Waals surface area contributed by atoms with Crippen LogP contribution < -0.4 is 0 Å². The summed E-state index contributed by atoms with van der Waals surface area (Å²) in [4.78, 5) is 2.13. The van der Waals surface area contributed by atoms with Gasteiger partial charge in [0.05, 0.1) is 31.0 Å². The number of aliphatic hydroxyl groups excluding tert-OH is 3. The van der Waals surface area contributed by atoms with E-state index in [0.717, 1.165) is 32.2 Å². The van der Waals surface area contributed by atoms with Gasteiger partial charge in [0.1, 0.15) is 6.10 Å². The molecule has 1 unspecified atom stereocenters. The fraction of sp³-hybridized carbons (Fsp3) is 1.00. The summed E-state index contributed by atoms with van der Waals surface area (Å²) in [6.07, 6.45) is 7.22. The molecule has 0 bridgehead atoms. The maximum atomic E-state index is 10.6. The quantitative estimate of drug-likeness (QED) is 0.399. The normalized spacial score (nSPS) is 27.4. The lowest BCUT2D eigenvalue weighted by molar-refractivity contribution is -0.104. The highest BCUT2D eigenvalue weighted by Gasteiger charge is 2.45. The summed E-state index contributed by atoms with van der Waals surface area (Å²) in [6.45, 7) is 9.59. The van der Waals surface area contributed by atoms with Crippen molar-refractivity contribution in [2.45, 2.75) is 116 Å². The van der Waals surface area contributed by atoms with E-state index in [1.165, 1.54) is 25.7 Å². The summed E-state index contributed by atoms with van der Waals surface area (Å²) < 4.78 is 5.99. The molecule has 1 saturated carbocycles. The molecule has 0 amide bonds. The fourth-order valence-corrected chi connectivity index (χ4v) is 4.06. The van der Waals surface area contributed by atoms with Crippen molar-refractivity contribution in [1.82, 2.24) is 4.90 Å². The number of ether oxygens (including phenoxy) is 1. The molecule has 0 aliphatic heterocycles. The fourth-order valence-electron chi connectivity index (χ4n) is 4.06. The van der Waals surface area contributed by atoms with Gasteiger partial charge >= 0.3 is 0 Å². The Hall–Kier alpha value is -0.200. The van der Waals surface area contributed by atoms with Crippen LogP contribution in [-0.4, -0.2) is 70.9 Å². The third kappa shape index (κ3) is 7.98. The van der Waals surface area contributed by atoms with E-state index in [2.05, 4.69) is 32.6 Å². The molecule has 0 aromatic carbocycles. The Morgan fingerprint density at radius 1 is 1.00 bits per heavy atom. The molecule has 1 fully saturated rings. The minimum Gasteiger partial charge on any atom is -0.391 e. The van der Waals surface area contributed by atoms with Crippen LogP contribution in [0.15, 0.2) is 0 Å². The number of rotatable bonds is 14. The van der Waals surface area contributed by atoms with Crippen LogP contribution in [0, 0.1) is 5.41 Å². The average molecular weight is 388 g/mol. The summed E-state index contributed by atoms with van der Waals surface area (Å²) in [5.41, 5.74) is -0.209. The van der Waals surface area contributed by atoms with Crippen molar-refractivity contribution >= 4 is 0 Å². The first-order valence-electron chi connectivity index (χ1n) is 11.1. The van der Waals surface area contributed by atoms with Crippen LogP contribution in [0.25, 0.3) is 0 Å². The number of hydrogen-bond acceptors (Lipinski definition) is 5. The summed E-state index contributed by atoms with van der Waals surface area (Å²) in [6, 6.07) is -0.211. The third-order valence-corrected chi connectivity index (χ3v) is 6.24. The van der Waals surface area contributed by atoms with Gasteiger partial charge in [-0.2, -0.15) is 0 Å². The molecule has 0 aromatic rings. The Morgan fingerprint density at radius 2 is 1.63 bits per heavy atom. The zero-order chi connectivity index (χ0) is 20.4. The van der Waals surface area contributed by atoms with Gasteiger partial charge in [-0.05, 0) is 31.8 Å². The monoisotopic (exact) mass is 387 g/mol. The SMILES string of the molecule is CCCCCCCN(C)[C@H]1[C@H](OCC(O)C(C)(C)CCCC)[C@H](O)C[C@@H]1O. The highest BCUT2D eigenvalue weighted by atomic mass is 16.5. The van der Waals surface area contributed by atoms with Crippen LogP contribution in [0.5, 0.6) is 0 Å². The Kier molecular flexibility index (Phi) is 11.4. The summed E-state index contributed by atoms with van der Waals surface area (Å²) >= 11 is 0. The van der Waals surface area contributed by atoms with Crippen LogP contribution in [0.2, 0.25) is 0 Å². The van der Waals surface area contributed by atoms with Crippen LogP contribution in [0.3, 0.4) is 0 Å². The maximum absolute atomic E-state index is 10.6. The second kappa shape index (κ2) is 12.4. The highest BCUT2D eigenvalue weighted by Crippen LogP contribution is 2.31. The van der Waals surface area contributed by atoms with Crippen molar-refractivity contribution in [1.29, 1.82) is 0 Å². The lowest BCUT2D eigenvalue weighted by atomic mass is 9.82. The number of hydrogen-bond donors (Lipinski definition) is 3. The van der Waals surface area contributed by atoms with E-state index < -0.39 is 24.4 Å². The highest BCUT2D eigenvalue weighted by molar-refractivity contribution is 4.98. The number of unbranched alkanes of at least 4 members (excludes halogenated alkanes) is 5.